The number of hydrogen-bond donors (Lipinski definition) is 1. The summed E-state index contributed by atoms with van der Waals surface area (Å²) in [6.45, 7) is 1.89. The van der Waals surface area contributed by atoms with Crippen LogP contribution in [-0.2, 0) is 11.2 Å². The Kier molecular flexibility index (Phi) is 4.06. The molecule has 17 heavy (non-hydrogen) atoms. The first-order chi connectivity index (χ1) is 8.35. The quantitative estimate of drug-likeness (QED) is 0.748. The molecular formula is C12H17NO4. The molecule has 2 N–H and O–H groups in total. The summed E-state index contributed by atoms with van der Waals surface area (Å²) in [5, 5.41) is 0. The van der Waals surface area contributed by atoms with Crippen molar-refractivity contribution in [1.82, 2.24) is 0 Å². The molecule has 0 bridgehead atoms. The van der Waals surface area contributed by atoms with Gasteiger partial charge in [-0.1, -0.05) is 0 Å². The molecule has 5 heteroatoms. The first-order valence-corrected chi connectivity index (χ1v) is 5.59. The van der Waals surface area contributed by atoms with Gasteiger partial charge in [0.1, 0.15) is 12.4 Å². The molecule has 0 spiro atoms. The molecule has 0 aliphatic carbocycles. The van der Waals surface area contributed by atoms with Gasteiger partial charge in [-0.3, -0.25) is 0 Å². The van der Waals surface area contributed by atoms with Crippen molar-refractivity contribution in [2.45, 2.75) is 6.42 Å². The van der Waals surface area contributed by atoms with E-state index in [4.69, 9.17) is 24.7 Å². The highest BCUT2D eigenvalue weighted by Gasteiger charge is 2.17. The number of ether oxygens (including phenoxy) is 4. The van der Waals surface area contributed by atoms with Crippen molar-refractivity contribution < 1.29 is 18.9 Å². The Morgan fingerprint density at radius 1 is 1.24 bits per heavy atom. The van der Waals surface area contributed by atoms with E-state index in [1.807, 2.05) is 12.1 Å². The highest BCUT2D eigenvalue weighted by Crippen LogP contribution is 2.38. The Labute approximate surface area is 100 Å². The van der Waals surface area contributed by atoms with Crippen LogP contribution in [0, 0.1) is 0 Å². The van der Waals surface area contributed by atoms with E-state index in [-0.39, 0.29) is 6.79 Å². The minimum atomic E-state index is 0.263. The molecule has 0 atom stereocenters. The van der Waals surface area contributed by atoms with Crippen molar-refractivity contribution >= 4 is 0 Å². The van der Waals surface area contributed by atoms with Crippen LogP contribution in [0.3, 0.4) is 0 Å². The Morgan fingerprint density at radius 3 is 2.71 bits per heavy atom. The Bertz CT molecular complexity index is 381. The first-order valence-electron chi connectivity index (χ1n) is 5.59. The van der Waals surface area contributed by atoms with Gasteiger partial charge in [0, 0.05) is 13.2 Å². The number of benzene rings is 1. The summed E-state index contributed by atoms with van der Waals surface area (Å²) in [4.78, 5) is 0. The number of rotatable bonds is 6. The van der Waals surface area contributed by atoms with Crippen LogP contribution in [0.15, 0.2) is 12.1 Å². The van der Waals surface area contributed by atoms with Crippen molar-refractivity contribution in [3.05, 3.63) is 17.7 Å². The van der Waals surface area contributed by atoms with E-state index in [9.17, 15) is 0 Å². The molecule has 0 radical (unpaired) electrons. The molecular weight excluding hydrogens is 222 g/mol. The van der Waals surface area contributed by atoms with Crippen molar-refractivity contribution in [3.63, 3.8) is 0 Å². The molecule has 0 saturated carbocycles. The summed E-state index contributed by atoms with van der Waals surface area (Å²) < 4.78 is 21.2. The van der Waals surface area contributed by atoms with E-state index < -0.39 is 0 Å². The standard InChI is InChI=1S/C12H17NO4/c1-14-4-5-15-10-7-12-11(16-8-17-12)6-9(10)2-3-13/h6-7H,2-5,8,13H2,1H3. The number of fused-ring (bicyclic) bond motifs is 1. The van der Waals surface area contributed by atoms with Crippen LogP contribution in [0.1, 0.15) is 5.56 Å². The Hall–Kier alpha value is -1.46. The molecule has 0 unspecified atom stereocenters. The van der Waals surface area contributed by atoms with Gasteiger partial charge in [0.15, 0.2) is 11.5 Å². The molecule has 2 rings (SSSR count). The third-order valence-corrected chi connectivity index (χ3v) is 2.51. The van der Waals surface area contributed by atoms with Gasteiger partial charge in [-0.25, -0.2) is 0 Å². The molecule has 0 aromatic heterocycles. The van der Waals surface area contributed by atoms with Gasteiger partial charge in [0.25, 0.3) is 0 Å². The van der Waals surface area contributed by atoms with E-state index in [1.165, 1.54) is 0 Å². The van der Waals surface area contributed by atoms with Crippen molar-refractivity contribution in [2.24, 2.45) is 5.73 Å². The fourth-order valence-electron chi connectivity index (χ4n) is 1.69. The predicted octanol–water partition coefficient (Wildman–Crippen LogP) is 0.942. The van der Waals surface area contributed by atoms with Gasteiger partial charge in [0.05, 0.1) is 6.61 Å². The maximum Gasteiger partial charge on any atom is 0.231 e. The Balaban J connectivity index is 2.15. The average Bonchev–Trinajstić information content (AvgIpc) is 2.77. The van der Waals surface area contributed by atoms with Crippen LogP contribution < -0.4 is 19.9 Å². The highest BCUT2D eigenvalue weighted by molar-refractivity contribution is 5.51. The van der Waals surface area contributed by atoms with Crippen molar-refractivity contribution in [3.8, 4) is 17.2 Å². The lowest BCUT2D eigenvalue weighted by molar-refractivity contribution is 0.145. The van der Waals surface area contributed by atoms with Gasteiger partial charge in [0.2, 0.25) is 6.79 Å². The molecule has 0 saturated heterocycles. The lowest BCUT2D eigenvalue weighted by Crippen LogP contribution is -2.08. The van der Waals surface area contributed by atoms with Crippen LogP contribution in [0.4, 0.5) is 0 Å². The molecule has 1 aromatic rings. The fourth-order valence-corrected chi connectivity index (χ4v) is 1.69. The second kappa shape index (κ2) is 5.75. The smallest absolute Gasteiger partial charge is 0.231 e. The molecule has 5 nitrogen and oxygen atoms in total. The lowest BCUT2D eigenvalue weighted by atomic mass is 10.1. The van der Waals surface area contributed by atoms with Crippen LogP contribution in [-0.4, -0.2) is 33.7 Å². The molecule has 0 amide bonds. The van der Waals surface area contributed by atoms with Crippen LogP contribution in [0.25, 0.3) is 0 Å². The van der Waals surface area contributed by atoms with E-state index >= 15 is 0 Å². The monoisotopic (exact) mass is 239 g/mol. The summed E-state index contributed by atoms with van der Waals surface area (Å²) in [5.41, 5.74) is 6.61. The van der Waals surface area contributed by atoms with Gasteiger partial charge < -0.3 is 24.7 Å². The summed E-state index contributed by atoms with van der Waals surface area (Å²) in [7, 11) is 1.64. The zero-order chi connectivity index (χ0) is 12.1. The van der Waals surface area contributed by atoms with Crippen LogP contribution >= 0.6 is 0 Å². The zero-order valence-electron chi connectivity index (χ0n) is 9.90. The van der Waals surface area contributed by atoms with Gasteiger partial charge in [-0.05, 0) is 24.6 Å². The summed E-state index contributed by atoms with van der Waals surface area (Å²) in [5.74, 6) is 2.27. The maximum atomic E-state index is 5.64. The van der Waals surface area contributed by atoms with Crippen molar-refractivity contribution in [1.29, 1.82) is 0 Å². The second-order valence-corrected chi connectivity index (χ2v) is 3.69. The van der Waals surface area contributed by atoms with Crippen molar-refractivity contribution in [2.75, 3.05) is 33.7 Å². The van der Waals surface area contributed by atoms with Gasteiger partial charge >= 0.3 is 0 Å². The SMILES string of the molecule is COCCOc1cc2c(cc1CCN)OCO2. The third kappa shape index (κ3) is 2.81. The number of methoxy groups -OCH3 is 1. The molecule has 0 fully saturated rings. The molecule has 1 heterocycles. The second-order valence-electron chi connectivity index (χ2n) is 3.69. The van der Waals surface area contributed by atoms with Crippen LogP contribution in [0.2, 0.25) is 0 Å². The first kappa shape index (κ1) is 12.0. The molecule has 1 aliphatic heterocycles. The number of hydrogen-bond acceptors (Lipinski definition) is 5. The lowest BCUT2D eigenvalue weighted by Gasteiger charge is -2.11. The largest absolute Gasteiger partial charge is 0.491 e. The van der Waals surface area contributed by atoms with Gasteiger partial charge in [-0.15, -0.1) is 0 Å². The predicted molar refractivity (Wildman–Crippen MR) is 62.7 cm³/mol. The highest BCUT2D eigenvalue weighted by atomic mass is 16.7. The normalized spacial score (nSPS) is 12.8. The summed E-state index contributed by atoms with van der Waals surface area (Å²) >= 11 is 0. The van der Waals surface area contributed by atoms with Crippen LogP contribution in [0.5, 0.6) is 17.2 Å². The molecule has 1 aliphatic rings. The van der Waals surface area contributed by atoms with E-state index in [0.29, 0.717) is 19.8 Å². The van der Waals surface area contributed by atoms with E-state index in [2.05, 4.69) is 0 Å². The minimum Gasteiger partial charge on any atom is -0.491 e. The third-order valence-electron chi connectivity index (χ3n) is 2.51. The molecule has 94 valence electrons. The number of nitrogens with two attached hydrogens (primary N) is 1. The summed E-state index contributed by atoms with van der Waals surface area (Å²) in [6.07, 6.45) is 0.749. The van der Waals surface area contributed by atoms with E-state index in [0.717, 1.165) is 29.2 Å². The molecule has 1 aromatic carbocycles. The maximum absolute atomic E-state index is 5.64. The minimum absolute atomic E-state index is 0.263. The van der Waals surface area contributed by atoms with E-state index in [1.54, 1.807) is 7.11 Å². The average molecular weight is 239 g/mol. The fraction of sp³-hybridized carbons (Fsp3) is 0.500. The van der Waals surface area contributed by atoms with Gasteiger partial charge in [-0.2, -0.15) is 0 Å². The summed E-state index contributed by atoms with van der Waals surface area (Å²) in [6, 6.07) is 3.78. The zero-order valence-corrected chi connectivity index (χ0v) is 9.90. The topological polar surface area (TPSA) is 62.9 Å². The Morgan fingerprint density at radius 2 is 2.00 bits per heavy atom.